The van der Waals surface area contributed by atoms with Crippen molar-refractivity contribution in [2.75, 3.05) is 0 Å². The highest BCUT2D eigenvalue weighted by Crippen LogP contribution is 2.41. The van der Waals surface area contributed by atoms with Gasteiger partial charge in [-0.15, -0.1) is 0 Å². The molecule has 1 fully saturated rings. The number of ketones is 1. The van der Waals surface area contributed by atoms with Crippen LogP contribution in [0.2, 0.25) is 5.02 Å². The van der Waals surface area contributed by atoms with E-state index >= 15 is 0 Å². The molecule has 0 saturated carbocycles. The van der Waals surface area contributed by atoms with Crippen molar-refractivity contribution in [1.82, 2.24) is 0 Å². The molecule has 2 nitrogen and oxygen atoms in total. The molecule has 0 spiro atoms. The predicted octanol–water partition coefficient (Wildman–Crippen LogP) is 13.0. The Hall–Kier alpha value is -1.87. The van der Waals surface area contributed by atoms with Gasteiger partial charge in [0.25, 0.3) is 0 Å². The fraction of sp³-hybridized carbons (Fsp3) is 0.658. The third-order valence-corrected chi connectivity index (χ3v) is 7.65. The van der Waals surface area contributed by atoms with Crippen LogP contribution < -0.4 is 0 Å². The van der Waals surface area contributed by atoms with Crippen molar-refractivity contribution < 1.29 is 13.9 Å². The first-order chi connectivity index (χ1) is 19.5. The molecule has 1 heterocycles. The number of rotatable bonds is 9. The van der Waals surface area contributed by atoms with Crippen LogP contribution in [-0.4, -0.2) is 11.9 Å². The molecule has 0 radical (unpaired) electrons. The average molecular weight is 605 g/mol. The van der Waals surface area contributed by atoms with Crippen LogP contribution in [0.1, 0.15) is 147 Å². The summed E-state index contributed by atoms with van der Waals surface area (Å²) in [5.74, 6) is 0.506. The summed E-state index contributed by atoms with van der Waals surface area (Å²) in [6.07, 6.45) is 12.5. The monoisotopic (exact) mass is 604 g/mol. The van der Waals surface area contributed by atoms with Crippen LogP contribution in [0, 0.1) is 22.6 Å². The van der Waals surface area contributed by atoms with E-state index in [0.29, 0.717) is 11.8 Å². The van der Waals surface area contributed by atoms with Crippen LogP contribution in [-0.2, 0) is 9.53 Å². The molecular weight excluding hydrogens is 543 g/mol. The number of Topliss-reactive ketones (excluding diaryl/α,β-unsaturated/α-hetero) is 1. The Bertz CT molecular complexity index is 1050. The smallest absolute Gasteiger partial charge is 0.176 e. The number of halogens is 2. The maximum Gasteiger partial charge on any atom is 0.176 e. The van der Waals surface area contributed by atoms with Gasteiger partial charge in [0.2, 0.25) is 0 Å². The molecule has 0 amide bonds. The normalized spacial score (nSPS) is 18.4. The molecule has 1 saturated heterocycles. The summed E-state index contributed by atoms with van der Waals surface area (Å²) < 4.78 is 20.4. The third kappa shape index (κ3) is 14.5. The maximum atomic E-state index is 14.0. The van der Waals surface area contributed by atoms with E-state index < -0.39 is 11.9 Å². The van der Waals surface area contributed by atoms with E-state index in [0.717, 1.165) is 47.3 Å². The maximum absolute atomic E-state index is 14.0. The van der Waals surface area contributed by atoms with Crippen LogP contribution >= 0.6 is 11.6 Å². The zero-order valence-electron chi connectivity index (χ0n) is 29.3. The predicted molar refractivity (Wildman–Crippen MR) is 183 cm³/mol. The lowest BCUT2D eigenvalue weighted by atomic mass is 9.82. The number of hydrogen-bond acceptors (Lipinski definition) is 2. The zero-order valence-corrected chi connectivity index (χ0v) is 30.0. The van der Waals surface area contributed by atoms with Gasteiger partial charge in [0.15, 0.2) is 11.9 Å². The first kappa shape index (κ1) is 40.1. The first-order valence-electron chi connectivity index (χ1n) is 16.2. The van der Waals surface area contributed by atoms with Gasteiger partial charge >= 0.3 is 0 Å². The van der Waals surface area contributed by atoms with Crippen LogP contribution in [0.25, 0.3) is 5.57 Å². The van der Waals surface area contributed by atoms with Crippen molar-refractivity contribution in [3.63, 3.8) is 0 Å². The summed E-state index contributed by atoms with van der Waals surface area (Å²) in [5, 5.41) is 0.112. The molecule has 2 atom stereocenters. The van der Waals surface area contributed by atoms with Crippen LogP contribution in [0.5, 0.6) is 0 Å². The van der Waals surface area contributed by atoms with E-state index in [2.05, 4.69) is 81.4 Å². The second kappa shape index (κ2) is 19.4. The molecule has 240 valence electrons. The minimum Gasteiger partial charge on any atom is -0.482 e. The number of allylic oxidation sites excluding steroid dienone is 5. The summed E-state index contributed by atoms with van der Waals surface area (Å²) in [5.41, 5.74) is 4.13. The first-order valence-corrected chi connectivity index (χ1v) is 16.6. The molecular formula is C38H62ClFO2. The van der Waals surface area contributed by atoms with E-state index in [1.165, 1.54) is 31.7 Å². The second-order valence-electron chi connectivity index (χ2n) is 13.8. The summed E-state index contributed by atoms with van der Waals surface area (Å²) in [7, 11) is 0. The number of hydrogen-bond donors (Lipinski definition) is 0. The topological polar surface area (TPSA) is 26.3 Å². The molecule has 0 aromatic heterocycles. The fourth-order valence-electron chi connectivity index (χ4n) is 4.37. The number of benzene rings is 1. The van der Waals surface area contributed by atoms with Crippen molar-refractivity contribution in [1.29, 1.82) is 0 Å². The summed E-state index contributed by atoms with van der Waals surface area (Å²) in [6, 6.07) is 4.85. The molecule has 2 unspecified atom stereocenters. The largest absolute Gasteiger partial charge is 0.482 e. The summed E-state index contributed by atoms with van der Waals surface area (Å²) >= 11 is 5.85. The van der Waals surface area contributed by atoms with Crippen molar-refractivity contribution in [3.8, 4) is 0 Å². The highest BCUT2D eigenvalue weighted by Gasteiger charge is 2.36. The van der Waals surface area contributed by atoms with Crippen molar-refractivity contribution >= 4 is 23.0 Å². The molecule has 1 aromatic carbocycles. The molecule has 4 heteroatoms. The van der Waals surface area contributed by atoms with Crippen LogP contribution in [0.4, 0.5) is 4.39 Å². The van der Waals surface area contributed by atoms with Gasteiger partial charge < -0.3 is 4.74 Å². The lowest BCUT2D eigenvalue weighted by molar-refractivity contribution is -0.130. The number of carbonyl (C=O) groups excluding carboxylic acids is 1. The van der Waals surface area contributed by atoms with Crippen LogP contribution in [0.15, 0.2) is 47.3 Å². The molecule has 2 rings (SSSR count). The zero-order chi connectivity index (χ0) is 32.7. The minimum absolute atomic E-state index is 0.0239. The van der Waals surface area contributed by atoms with Gasteiger partial charge in [-0.1, -0.05) is 139 Å². The van der Waals surface area contributed by atoms with Gasteiger partial charge in [-0.3, -0.25) is 4.79 Å². The van der Waals surface area contributed by atoms with Gasteiger partial charge in [-0.25, -0.2) is 4.39 Å². The van der Waals surface area contributed by atoms with Gasteiger partial charge in [-0.05, 0) is 65.9 Å². The molecule has 1 aromatic rings. The van der Waals surface area contributed by atoms with E-state index in [-0.39, 0.29) is 22.1 Å². The van der Waals surface area contributed by atoms with Crippen molar-refractivity contribution in [2.24, 2.45) is 16.7 Å². The van der Waals surface area contributed by atoms with E-state index in [1.807, 2.05) is 26.8 Å². The average Bonchev–Trinajstić information content (AvgIpc) is 3.33. The molecule has 1 aliphatic rings. The second-order valence-corrected chi connectivity index (χ2v) is 14.2. The Morgan fingerprint density at radius 2 is 1.62 bits per heavy atom. The third-order valence-electron chi connectivity index (χ3n) is 7.34. The van der Waals surface area contributed by atoms with Gasteiger partial charge in [0.05, 0.1) is 5.02 Å². The molecule has 0 aliphatic carbocycles. The Balaban J connectivity index is 0.00000130. The summed E-state index contributed by atoms with van der Waals surface area (Å²) in [6.45, 7) is 27.9. The Morgan fingerprint density at radius 1 is 1.02 bits per heavy atom. The number of carbonyl (C=O) groups is 1. The number of ether oxygens (including phenoxy) is 1. The molecule has 42 heavy (non-hydrogen) atoms. The number of unbranched alkanes of at least 4 members (excludes halogenated alkanes) is 2. The Kier molecular flexibility index (Phi) is 18.6. The van der Waals surface area contributed by atoms with Crippen molar-refractivity contribution in [3.05, 3.63) is 63.7 Å². The SMILES string of the molecule is CCCC.CCCC(C)(C)C.CCC\C=C1/CC(C(=O)C(C)CC)O/C1=C(/C=C(\C)c1ccc(Cl)c(F)c1)C(C)(C)C. The van der Waals surface area contributed by atoms with Gasteiger partial charge in [0.1, 0.15) is 11.6 Å². The van der Waals surface area contributed by atoms with E-state index in [4.69, 9.17) is 16.3 Å². The highest BCUT2D eigenvalue weighted by atomic mass is 35.5. The standard InChI is InChI=1S/C27H36ClFO2.C7H16.C4H10/c1-8-10-11-20-16-24(25(30)17(3)9-2)31-26(20)21(27(5,6)7)14-18(4)19-12-13-22(28)23(29)15-19;1-5-6-7(2,3)4;1-3-4-2/h11-15,17,24H,8-10,16H2,1-7H3;5-6H2,1-4H3;3-4H2,1-2H3/b18-14+,20-11+,26-21-;;. The lowest BCUT2D eigenvalue weighted by Gasteiger charge is -2.24. The highest BCUT2D eigenvalue weighted by molar-refractivity contribution is 6.30. The van der Waals surface area contributed by atoms with E-state index in [9.17, 15) is 9.18 Å². The molecule has 1 aliphatic heterocycles. The lowest BCUT2D eigenvalue weighted by Crippen LogP contribution is -2.25. The van der Waals surface area contributed by atoms with Crippen molar-refractivity contribution in [2.45, 2.75) is 147 Å². The van der Waals surface area contributed by atoms with Crippen LogP contribution in [0.3, 0.4) is 0 Å². The minimum atomic E-state index is -0.438. The molecule has 0 bridgehead atoms. The quantitative estimate of drug-likeness (QED) is 0.280. The fourth-order valence-corrected chi connectivity index (χ4v) is 4.49. The molecule has 0 N–H and O–H groups in total. The Morgan fingerprint density at radius 3 is 2.02 bits per heavy atom. The van der Waals surface area contributed by atoms with Gasteiger partial charge in [0, 0.05) is 17.9 Å². The van der Waals surface area contributed by atoms with E-state index in [1.54, 1.807) is 6.07 Å². The Labute approximate surface area is 264 Å². The van der Waals surface area contributed by atoms with Gasteiger partial charge in [-0.2, -0.15) is 0 Å². The summed E-state index contributed by atoms with van der Waals surface area (Å²) in [4.78, 5) is 12.9.